The third kappa shape index (κ3) is 14.1. The first-order valence-electron chi connectivity index (χ1n) is 25.2. The number of ether oxygens (including phenoxy) is 6. The van der Waals surface area contributed by atoms with Gasteiger partial charge in [-0.3, -0.25) is 50.6 Å². The van der Waals surface area contributed by atoms with E-state index in [1.54, 1.807) is 0 Å². The number of imidazole rings is 1. The molecule has 0 bridgehead atoms. The summed E-state index contributed by atoms with van der Waals surface area (Å²) in [5.74, 6) is -0.435. The molecule has 0 spiro atoms. The highest BCUT2D eigenvalue weighted by molar-refractivity contribution is 7.48. The van der Waals surface area contributed by atoms with Gasteiger partial charge in [-0.25, -0.2) is 38.2 Å². The van der Waals surface area contributed by atoms with Gasteiger partial charge in [-0.2, -0.15) is 4.98 Å². The number of aliphatic hydroxyl groups is 10. The predicted octanol–water partition coefficient (Wildman–Crippen LogP) is -7.97. The lowest BCUT2D eigenvalue weighted by atomic mass is 9.99. The smallest absolute Gasteiger partial charge is 0.394 e. The van der Waals surface area contributed by atoms with E-state index >= 15 is 0 Å². The number of anilines is 2. The van der Waals surface area contributed by atoms with Crippen molar-refractivity contribution in [2.75, 3.05) is 44.5 Å². The molecule has 474 valence electrons. The number of hydrogen-bond donors (Lipinski definition) is 16. The molecule has 85 heavy (non-hydrogen) atoms. The molecule has 0 aliphatic carbocycles. The standard InChI is InChI=1S/C41H59N10O31P3/c1-13-5-50(41(64)48-35(13)61)21-4-14(16(75-21)7-71-39-28(58)26(56)23(53)15(6-52)79-39)80-83(65,66)73-9-19-32(30(60)37(77-19)51-12-46-22-33(43)44-11-45-34(22)51)82-85(69,70)74-10-18-31(29(59)36(76-18)49-3-2-20(42)47-40(49)63)81-84(67,68)72-8-17-24(54)25(55)27(57)38(62)78-17/h2-3,5,11-12,14-19,21,23-32,36-39,52-60,62H,4,6-10H2,1H3,(H,65,66)(H,67,68)(H,69,70)(H2,42,47,63)(H2,43,44,45)(H,48,61,64)/t14-,15+,16+,17+,18+,19+,21+,23+,24+,25-,26-,27+,28+,29+,30+,31+,32+,36+,37+,38-,39+/m0/s1. The van der Waals surface area contributed by atoms with Crippen molar-refractivity contribution in [1.29, 1.82) is 0 Å². The third-order valence-corrected chi connectivity index (χ3v) is 17.0. The molecule has 9 heterocycles. The van der Waals surface area contributed by atoms with Crippen LogP contribution in [-0.2, 0) is 69.3 Å². The Labute approximate surface area is 473 Å². The van der Waals surface area contributed by atoms with Crippen molar-refractivity contribution in [2.24, 2.45) is 0 Å². The van der Waals surface area contributed by atoms with Gasteiger partial charge < -0.3 is 106 Å². The SMILES string of the molecule is Cc1cn([C@H]2C[C@H](OP(=O)(O)OC[C@H]3O[C@@H](n4cnc5c(N)ncnc54)[C@H](O)[C@@H]3OP(=O)(O)OC[C@H]3O[C@@H](n4ccc(N)nc4=O)[C@H](O)[C@@H]3OP(=O)(O)OC[C@H]3O[C@H](O)[C@H](O)[C@@H](O)[C@@H]3O)[C@@H](CO[C@@H]3O[C@H](CO)[C@@H](O)[C@H](O)[C@H]3O)O2)c(=O)[nH]c1=O. The maximum Gasteiger partial charge on any atom is 0.472 e. The Morgan fingerprint density at radius 3 is 1.84 bits per heavy atom. The number of hydrogen-bond acceptors (Lipinski definition) is 34. The minimum absolute atomic E-state index is 0.0256. The van der Waals surface area contributed by atoms with Gasteiger partial charge in [0.15, 0.2) is 36.5 Å². The zero-order valence-corrected chi connectivity index (χ0v) is 46.2. The summed E-state index contributed by atoms with van der Waals surface area (Å²) in [7, 11) is -16.8. The van der Waals surface area contributed by atoms with E-state index in [4.69, 9.17) is 67.0 Å². The minimum atomic E-state index is -5.74. The summed E-state index contributed by atoms with van der Waals surface area (Å²) < 4.78 is 109. The number of phosphoric ester groups is 3. The van der Waals surface area contributed by atoms with Crippen molar-refractivity contribution in [3.8, 4) is 0 Å². The monoisotopic (exact) mass is 1280 g/mol. The number of fused-ring (bicyclic) bond motifs is 1. The van der Waals surface area contributed by atoms with Crippen LogP contribution in [0, 0.1) is 6.92 Å². The molecule has 9 rings (SSSR count). The zero-order valence-electron chi connectivity index (χ0n) is 43.5. The number of aryl methyl sites for hydroxylation is 1. The van der Waals surface area contributed by atoms with Gasteiger partial charge in [0.1, 0.15) is 122 Å². The summed E-state index contributed by atoms with van der Waals surface area (Å²) in [4.78, 5) is 89.0. The topological polar surface area (TPSA) is 610 Å². The number of nitrogens with one attached hydrogen (secondary N) is 1. The molecule has 0 saturated carbocycles. The third-order valence-electron chi connectivity index (χ3n) is 14.0. The van der Waals surface area contributed by atoms with E-state index in [-0.39, 0.29) is 28.4 Å². The zero-order chi connectivity index (χ0) is 61.8. The second-order valence-corrected chi connectivity index (χ2v) is 23.9. The van der Waals surface area contributed by atoms with E-state index in [1.807, 2.05) is 0 Å². The van der Waals surface area contributed by atoms with Gasteiger partial charge in [0.05, 0.1) is 39.4 Å². The highest BCUT2D eigenvalue weighted by Crippen LogP contribution is 2.54. The Bertz CT molecular complexity index is 3340. The van der Waals surface area contributed by atoms with Crippen LogP contribution in [0.3, 0.4) is 0 Å². The average Bonchev–Trinajstić information content (AvgIpc) is 2.13. The number of nitrogen functional groups attached to an aromatic ring is 2. The van der Waals surface area contributed by atoms with Gasteiger partial charge in [0.25, 0.3) is 5.56 Å². The number of nitrogens with zero attached hydrogens (tertiary/aromatic N) is 7. The normalized spacial score (nSPS) is 37.4. The van der Waals surface area contributed by atoms with E-state index in [1.165, 1.54) is 6.92 Å². The van der Waals surface area contributed by atoms with Gasteiger partial charge >= 0.3 is 34.8 Å². The predicted molar refractivity (Wildman–Crippen MR) is 268 cm³/mol. The van der Waals surface area contributed by atoms with Crippen molar-refractivity contribution in [3.63, 3.8) is 0 Å². The molecule has 5 fully saturated rings. The fourth-order valence-corrected chi connectivity index (χ4v) is 12.5. The van der Waals surface area contributed by atoms with E-state index in [0.717, 1.165) is 40.2 Å². The van der Waals surface area contributed by atoms with Crippen LogP contribution in [0.1, 0.15) is 30.7 Å². The largest absolute Gasteiger partial charge is 0.472 e. The van der Waals surface area contributed by atoms with E-state index in [2.05, 4.69) is 24.9 Å². The quantitative estimate of drug-likeness (QED) is 0.0325. The van der Waals surface area contributed by atoms with Crippen LogP contribution in [0.5, 0.6) is 0 Å². The maximum atomic E-state index is 14.0. The highest BCUT2D eigenvalue weighted by Gasteiger charge is 2.54. The summed E-state index contributed by atoms with van der Waals surface area (Å²) in [6.07, 6.45) is -35.7. The summed E-state index contributed by atoms with van der Waals surface area (Å²) in [5, 5.41) is 104. The summed E-state index contributed by atoms with van der Waals surface area (Å²) in [5.41, 5.74) is 8.58. The second kappa shape index (κ2) is 25.9. The molecule has 24 atom stereocenters. The van der Waals surface area contributed by atoms with Crippen LogP contribution in [-0.4, -0.2) is 248 Å². The van der Waals surface area contributed by atoms with Crippen LogP contribution < -0.4 is 28.4 Å². The molecule has 4 aromatic rings. The van der Waals surface area contributed by atoms with Gasteiger partial charge in [0.2, 0.25) is 0 Å². The number of nitrogens with two attached hydrogens (primary N) is 2. The van der Waals surface area contributed by atoms with Crippen LogP contribution in [0.4, 0.5) is 11.6 Å². The number of rotatable bonds is 22. The number of H-pyrrole nitrogens is 1. The van der Waals surface area contributed by atoms with Gasteiger partial charge in [0, 0.05) is 24.4 Å². The van der Waals surface area contributed by atoms with Crippen LogP contribution >= 0.6 is 23.5 Å². The Hall–Kier alpha value is -4.60. The lowest BCUT2D eigenvalue weighted by molar-refractivity contribution is -0.306. The lowest BCUT2D eigenvalue weighted by Crippen LogP contribution is -2.59. The fraction of sp³-hybridized carbons (Fsp3) is 0.683. The Morgan fingerprint density at radius 1 is 0.647 bits per heavy atom. The first kappa shape index (κ1) is 64.9. The minimum Gasteiger partial charge on any atom is -0.394 e. The van der Waals surface area contributed by atoms with Crippen LogP contribution in [0.2, 0.25) is 0 Å². The number of phosphoric acid groups is 3. The van der Waals surface area contributed by atoms with Crippen LogP contribution in [0.15, 0.2) is 45.5 Å². The number of aromatic amines is 1. The van der Waals surface area contributed by atoms with Crippen molar-refractivity contribution < 1.29 is 135 Å². The maximum absolute atomic E-state index is 14.0. The van der Waals surface area contributed by atoms with E-state index < -0.39 is 209 Å². The number of aromatic nitrogens is 8. The molecule has 18 N–H and O–H groups in total. The fourth-order valence-electron chi connectivity index (χ4n) is 9.57. The molecule has 0 amide bonds. The molecule has 3 unspecified atom stereocenters. The van der Waals surface area contributed by atoms with Gasteiger partial charge in [-0.1, -0.05) is 0 Å². The van der Waals surface area contributed by atoms with E-state index in [9.17, 15) is 93.8 Å². The van der Waals surface area contributed by atoms with E-state index in [0.29, 0.717) is 4.57 Å². The summed E-state index contributed by atoms with van der Waals surface area (Å²) >= 11 is 0. The Morgan fingerprint density at radius 2 is 1.22 bits per heavy atom. The molecule has 0 radical (unpaired) electrons. The van der Waals surface area contributed by atoms with Crippen molar-refractivity contribution in [1.82, 2.24) is 38.6 Å². The highest BCUT2D eigenvalue weighted by atomic mass is 31.2. The van der Waals surface area contributed by atoms with Gasteiger partial charge in [-0.15, -0.1) is 0 Å². The molecule has 5 aliphatic rings. The summed E-state index contributed by atoms with van der Waals surface area (Å²) in [6.45, 7) is -3.81. The summed E-state index contributed by atoms with van der Waals surface area (Å²) in [6, 6.07) is 1.09. The molecular weight excluding hydrogens is 1220 g/mol. The van der Waals surface area contributed by atoms with Crippen molar-refractivity contribution in [2.45, 2.75) is 142 Å². The molecule has 4 aromatic heterocycles. The Kier molecular flexibility index (Phi) is 19.7. The molecule has 5 saturated heterocycles. The molecule has 0 aromatic carbocycles. The molecule has 5 aliphatic heterocycles. The Balaban J connectivity index is 0.934. The van der Waals surface area contributed by atoms with Gasteiger partial charge in [-0.05, 0) is 13.0 Å². The lowest BCUT2D eigenvalue weighted by Gasteiger charge is -2.40. The second-order valence-electron chi connectivity index (χ2n) is 19.7. The first-order valence-corrected chi connectivity index (χ1v) is 29.6. The first-order chi connectivity index (χ1) is 40.0. The van der Waals surface area contributed by atoms with Crippen LogP contribution in [0.25, 0.3) is 11.2 Å². The molecule has 44 heteroatoms. The van der Waals surface area contributed by atoms with Crippen molar-refractivity contribution >= 4 is 46.3 Å². The molecular formula is C41H59N10O31P3. The average molecular weight is 1280 g/mol. The number of aliphatic hydroxyl groups excluding tert-OH is 10. The van der Waals surface area contributed by atoms with Crippen molar-refractivity contribution in [3.05, 3.63) is 68.0 Å². The molecule has 41 nitrogen and oxygen atoms in total.